The van der Waals surface area contributed by atoms with Gasteiger partial charge in [0.05, 0.1) is 12.3 Å². The summed E-state index contributed by atoms with van der Waals surface area (Å²) in [5.41, 5.74) is 0.709. The van der Waals surface area contributed by atoms with Crippen LogP contribution < -0.4 is 0 Å². The minimum absolute atomic E-state index is 0.263. The highest BCUT2D eigenvalue weighted by atomic mass is 16.5. The number of pyridine rings is 1. The first-order valence-electron chi connectivity index (χ1n) is 4.90. The van der Waals surface area contributed by atoms with Crippen LogP contribution in [-0.4, -0.2) is 36.6 Å². The minimum atomic E-state index is -0.425. The molecule has 1 rings (SSSR count). The first-order chi connectivity index (χ1) is 7.16. The van der Waals surface area contributed by atoms with E-state index in [-0.39, 0.29) is 5.97 Å². The molecule has 82 valence electrons. The largest absolute Gasteiger partial charge is 0.465 e. The van der Waals surface area contributed by atoms with Crippen molar-refractivity contribution in [2.24, 2.45) is 0 Å². The van der Waals surface area contributed by atoms with Gasteiger partial charge in [-0.3, -0.25) is 9.88 Å². The van der Waals surface area contributed by atoms with Crippen LogP contribution in [0.3, 0.4) is 0 Å². The summed E-state index contributed by atoms with van der Waals surface area (Å²) in [6, 6.07) is 5.08. The van der Waals surface area contributed by atoms with Crippen LogP contribution in [0.15, 0.2) is 24.4 Å². The molecule has 1 aromatic rings. The molecule has 1 heterocycles. The van der Waals surface area contributed by atoms with Crippen molar-refractivity contribution in [1.29, 1.82) is 0 Å². The van der Waals surface area contributed by atoms with Crippen molar-refractivity contribution >= 4 is 5.97 Å². The van der Waals surface area contributed by atoms with E-state index >= 15 is 0 Å². The second-order valence-corrected chi connectivity index (χ2v) is 3.37. The van der Waals surface area contributed by atoms with E-state index in [0.717, 1.165) is 0 Å². The third kappa shape index (κ3) is 3.02. The average molecular weight is 208 g/mol. The van der Waals surface area contributed by atoms with Crippen LogP contribution in [0.4, 0.5) is 0 Å². The third-order valence-electron chi connectivity index (χ3n) is 1.99. The zero-order chi connectivity index (χ0) is 11.3. The summed E-state index contributed by atoms with van der Waals surface area (Å²) < 4.78 is 5.00. The predicted molar refractivity (Wildman–Crippen MR) is 57.3 cm³/mol. The number of aromatic nitrogens is 1. The first-order valence-corrected chi connectivity index (χ1v) is 4.90. The van der Waals surface area contributed by atoms with Gasteiger partial charge in [0.1, 0.15) is 0 Å². The SMILES string of the molecule is CCOC(=O)C(c1ccccn1)N(C)C. The van der Waals surface area contributed by atoms with Crippen LogP contribution in [0.25, 0.3) is 0 Å². The van der Waals surface area contributed by atoms with Crippen LogP contribution in [0.5, 0.6) is 0 Å². The Kier molecular flexibility index (Phi) is 4.24. The Morgan fingerprint density at radius 2 is 2.27 bits per heavy atom. The summed E-state index contributed by atoms with van der Waals surface area (Å²) in [5.74, 6) is -0.263. The lowest BCUT2D eigenvalue weighted by Crippen LogP contribution is -2.30. The van der Waals surface area contributed by atoms with Crippen LogP contribution in [0.1, 0.15) is 18.7 Å². The highest BCUT2D eigenvalue weighted by Gasteiger charge is 2.24. The second kappa shape index (κ2) is 5.46. The van der Waals surface area contributed by atoms with Gasteiger partial charge < -0.3 is 4.74 Å². The van der Waals surface area contributed by atoms with E-state index in [9.17, 15) is 4.79 Å². The molecule has 0 N–H and O–H groups in total. The molecule has 0 fully saturated rings. The van der Waals surface area contributed by atoms with E-state index in [1.165, 1.54) is 0 Å². The highest BCUT2D eigenvalue weighted by molar-refractivity contribution is 5.76. The Hall–Kier alpha value is -1.42. The van der Waals surface area contributed by atoms with Crippen molar-refractivity contribution in [2.75, 3.05) is 20.7 Å². The summed E-state index contributed by atoms with van der Waals surface area (Å²) >= 11 is 0. The molecule has 0 bridgehead atoms. The monoisotopic (exact) mass is 208 g/mol. The van der Waals surface area contributed by atoms with Gasteiger partial charge >= 0.3 is 5.97 Å². The Morgan fingerprint density at radius 1 is 1.53 bits per heavy atom. The van der Waals surface area contributed by atoms with Crippen molar-refractivity contribution in [1.82, 2.24) is 9.88 Å². The summed E-state index contributed by atoms with van der Waals surface area (Å²) in [5, 5.41) is 0. The van der Waals surface area contributed by atoms with E-state index < -0.39 is 6.04 Å². The van der Waals surface area contributed by atoms with Gasteiger partial charge in [0.15, 0.2) is 6.04 Å². The lowest BCUT2D eigenvalue weighted by atomic mass is 10.2. The van der Waals surface area contributed by atoms with E-state index in [0.29, 0.717) is 12.3 Å². The minimum Gasteiger partial charge on any atom is -0.465 e. The Balaban J connectivity index is 2.88. The normalized spacial score (nSPS) is 12.5. The fraction of sp³-hybridized carbons (Fsp3) is 0.455. The van der Waals surface area contributed by atoms with E-state index in [2.05, 4.69) is 4.98 Å². The lowest BCUT2D eigenvalue weighted by molar-refractivity contribution is -0.149. The highest BCUT2D eigenvalue weighted by Crippen LogP contribution is 2.16. The van der Waals surface area contributed by atoms with Crippen LogP contribution >= 0.6 is 0 Å². The molecule has 1 atom stereocenters. The maximum atomic E-state index is 11.7. The topological polar surface area (TPSA) is 42.4 Å². The van der Waals surface area contributed by atoms with Gasteiger partial charge in [0, 0.05) is 6.20 Å². The Labute approximate surface area is 89.9 Å². The van der Waals surface area contributed by atoms with Gasteiger partial charge in [0.25, 0.3) is 0 Å². The molecule has 15 heavy (non-hydrogen) atoms. The molecule has 1 aromatic heterocycles. The van der Waals surface area contributed by atoms with Gasteiger partial charge in [-0.2, -0.15) is 0 Å². The molecular formula is C11H16N2O2. The van der Waals surface area contributed by atoms with Crippen molar-refractivity contribution < 1.29 is 9.53 Å². The van der Waals surface area contributed by atoms with Crippen molar-refractivity contribution in [3.63, 3.8) is 0 Å². The van der Waals surface area contributed by atoms with Gasteiger partial charge in [-0.1, -0.05) is 6.07 Å². The van der Waals surface area contributed by atoms with Crippen LogP contribution in [0, 0.1) is 0 Å². The summed E-state index contributed by atoms with van der Waals surface area (Å²) in [7, 11) is 3.66. The Morgan fingerprint density at radius 3 is 2.73 bits per heavy atom. The summed E-state index contributed by atoms with van der Waals surface area (Å²) in [4.78, 5) is 17.6. The number of hydrogen-bond acceptors (Lipinski definition) is 4. The van der Waals surface area contributed by atoms with Gasteiger partial charge in [-0.25, -0.2) is 4.79 Å². The molecule has 4 nitrogen and oxygen atoms in total. The molecule has 0 amide bonds. The van der Waals surface area contributed by atoms with E-state index in [4.69, 9.17) is 4.74 Å². The molecule has 0 aliphatic heterocycles. The Bertz CT molecular complexity index is 312. The smallest absolute Gasteiger partial charge is 0.329 e. The molecule has 0 aliphatic rings. The number of carbonyl (C=O) groups excluding carboxylic acids is 1. The molecule has 0 spiro atoms. The van der Waals surface area contributed by atoms with Crippen molar-refractivity contribution in [3.05, 3.63) is 30.1 Å². The molecule has 0 radical (unpaired) electrons. The number of nitrogens with zero attached hydrogens (tertiary/aromatic N) is 2. The van der Waals surface area contributed by atoms with Gasteiger partial charge in [-0.05, 0) is 33.2 Å². The number of rotatable bonds is 4. The lowest BCUT2D eigenvalue weighted by Gasteiger charge is -2.21. The summed E-state index contributed by atoms with van der Waals surface area (Å²) in [6.07, 6.45) is 1.67. The zero-order valence-corrected chi connectivity index (χ0v) is 9.30. The third-order valence-corrected chi connectivity index (χ3v) is 1.99. The molecule has 4 heteroatoms. The fourth-order valence-corrected chi connectivity index (χ4v) is 1.36. The van der Waals surface area contributed by atoms with Gasteiger partial charge in [0.2, 0.25) is 0 Å². The van der Waals surface area contributed by atoms with Crippen molar-refractivity contribution in [2.45, 2.75) is 13.0 Å². The fourth-order valence-electron chi connectivity index (χ4n) is 1.36. The number of esters is 1. The summed E-state index contributed by atoms with van der Waals surface area (Å²) in [6.45, 7) is 2.18. The second-order valence-electron chi connectivity index (χ2n) is 3.37. The maximum absolute atomic E-state index is 11.7. The predicted octanol–water partition coefficient (Wildman–Crippen LogP) is 1.25. The molecule has 0 saturated heterocycles. The first kappa shape index (κ1) is 11.7. The quantitative estimate of drug-likeness (QED) is 0.698. The molecule has 0 aromatic carbocycles. The van der Waals surface area contributed by atoms with Crippen LogP contribution in [-0.2, 0) is 9.53 Å². The number of carbonyl (C=O) groups is 1. The number of ether oxygens (including phenoxy) is 1. The zero-order valence-electron chi connectivity index (χ0n) is 9.30. The van der Waals surface area contributed by atoms with E-state index in [1.54, 1.807) is 18.0 Å². The van der Waals surface area contributed by atoms with E-state index in [1.807, 2.05) is 32.3 Å². The number of hydrogen-bond donors (Lipinski definition) is 0. The van der Waals surface area contributed by atoms with Crippen molar-refractivity contribution in [3.8, 4) is 0 Å². The maximum Gasteiger partial charge on any atom is 0.329 e. The van der Waals surface area contributed by atoms with Gasteiger partial charge in [-0.15, -0.1) is 0 Å². The van der Waals surface area contributed by atoms with Crippen LogP contribution in [0.2, 0.25) is 0 Å². The molecule has 0 saturated carbocycles. The average Bonchev–Trinajstić information content (AvgIpc) is 2.19. The molecule has 0 aliphatic carbocycles. The molecule has 1 unspecified atom stereocenters. The number of likely N-dealkylation sites (N-methyl/N-ethyl adjacent to an activating group) is 1. The molecular weight excluding hydrogens is 192 g/mol. The standard InChI is InChI=1S/C11H16N2O2/c1-4-15-11(14)10(13(2)3)9-7-5-6-8-12-9/h5-8,10H,4H2,1-3H3.